The van der Waals surface area contributed by atoms with Gasteiger partial charge in [0.25, 0.3) is 0 Å². The summed E-state index contributed by atoms with van der Waals surface area (Å²) < 4.78 is 0. The van der Waals surface area contributed by atoms with E-state index in [1.807, 2.05) is 18.2 Å². The summed E-state index contributed by atoms with van der Waals surface area (Å²) in [4.78, 5) is 13.6. The molecule has 1 aromatic heterocycles. The van der Waals surface area contributed by atoms with E-state index in [-0.39, 0.29) is 24.4 Å². The molecule has 1 heterocycles. The summed E-state index contributed by atoms with van der Waals surface area (Å²) in [5, 5.41) is 1.02. The van der Waals surface area contributed by atoms with Gasteiger partial charge in [0.2, 0.25) is 5.56 Å². The molecule has 60 valence electrons. The number of rotatable bonds is 0. The van der Waals surface area contributed by atoms with Crippen molar-refractivity contribution in [3.8, 4) is 0 Å². The minimum absolute atomic E-state index is 0. The quantitative estimate of drug-likeness (QED) is 0.382. The molecule has 0 aliphatic carbocycles. The molecule has 0 fully saturated rings. The van der Waals surface area contributed by atoms with Crippen LogP contribution in [0.3, 0.4) is 0 Å². The molecule has 1 N–H and O–H groups in total. The van der Waals surface area contributed by atoms with Gasteiger partial charge < -0.3 is 4.98 Å². The van der Waals surface area contributed by atoms with Gasteiger partial charge in [-0.1, -0.05) is 17.5 Å². The van der Waals surface area contributed by atoms with Gasteiger partial charge in [0.1, 0.15) is 0 Å². The predicted octanol–water partition coefficient (Wildman–Crippen LogP) is -1.29. The first-order chi connectivity index (χ1) is 5.75. The van der Waals surface area contributed by atoms with E-state index >= 15 is 0 Å². The first-order valence-electron chi connectivity index (χ1n) is 3.71. The van der Waals surface area contributed by atoms with Gasteiger partial charge >= 0.3 is 18.9 Å². The first kappa shape index (κ1) is 9.98. The zero-order valence-electron chi connectivity index (χ0n) is 7.50. The summed E-state index contributed by atoms with van der Waals surface area (Å²) in [7, 11) is 0. The summed E-state index contributed by atoms with van der Waals surface area (Å²) in [5.41, 5.74) is 1.74. The molecule has 2 nitrogen and oxygen atoms in total. The molecule has 2 rings (SSSR count). The van der Waals surface area contributed by atoms with Gasteiger partial charge in [-0.05, 0) is 0 Å². The fourth-order valence-corrected chi connectivity index (χ4v) is 1.20. The van der Waals surface area contributed by atoms with Crippen molar-refractivity contribution in [2.75, 3.05) is 0 Å². The molecular weight excluding hydrogens is 157 g/mol. The Morgan fingerprint density at radius 2 is 1.92 bits per heavy atom. The number of nitrogens with one attached hydrogen (secondary N) is 1. The van der Waals surface area contributed by atoms with Crippen LogP contribution in [0.1, 0.15) is 5.56 Å². The summed E-state index contributed by atoms with van der Waals surface area (Å²) in [6.07, 6.45) is 0. The van der Waals surface area contributed by atoms with Crippen LogP contribution in [0.25, 0.3) is 10.9 Å². The van der Waals surface area contributed by atoms with Crippen molar-refractivity contribution < 1.29 is 18.9 Å². The van der Waals surface area contributed by atoms with E-state index < -0.39 is 0 Å². The number of pyridine rings is 1. The number of benzene rings is 1. The number of aromatic amines is 1. The van der Waals surface area contributed by atoms with E-state index in [1.165, 1.54) is 6.07 Å². The molecule has 0 aliphatic heterocycles. The van der Waals surface area contributed by atoms with Gasteiger partial charge in [-0.2, -0.15) is 24.6 Å². The van der Waals surface area contributed by atoms with Gasteiger partial charge in [0.05, 0.1) is 0 Å². The minimum atomic E-state index is -0.0701. The third-order valence-electron chi connectivity index (χ3n) is 1.79. The SMILES string of the molecule is [CH2-]c1ccc2[nH]c(=O)ccc2c1.[Li+]. The Morgan fingerprint density at radius 1 is 1.15 bits per heavy atom. The number of hydrogen-bond donors (Lipinski definition) is 1. The molecule has 0 bridgehead atoms. The van der Waals surface area contributed by atoms with Crippen LogP contribution in [0.4, 0.5) is 0 Å². The van der Waals surface area contributed by atoms with Gasteiger partial charge in [-0.3, -0.25) is 4.79 Å². The molecular formula is C10H8LiNO. The van der Waals surface area contributed by atoms with E-state index in [2.05, 4.69) is 11.9 Å². The second-order valence-corrected chi connectivity index (χ2v) is 2.74. The minimum Gasteiger partial charge on any atom is -0.324 e. The van der Waals surface area contributed by atoms with Crippen LogP contribution in [0, 0.1) is 6.92 Å². The molecule has 0 atom stereocenters. The van der Waals surface area contributed by atoms with Crippen molar-refractivity contribution in [1.82, 2.24) is 4.98 Å². The van der Waals surface area contributed by atoms with Gasteiger partial charge in [0.15, 0.2) is 0 Å². The average Bonchev–Trinajstić information content (AvgIpc) is 2.05. The summed E-state index contributed by atoms with van der Waals surface area (Å²) >= 11 is 0. The monoisotopic (exact) mass is 165 g/mol. The van der Waals surface area contributed by atoms with Gasteiger partial charge in [-0.15, -0.1) is 0 Å². The van der Waals surface area contributed by atoms with Crippen molar-refractivity contribution in [3.05, 3.63) is 53.2 Å². The largest absolute Gasteiger partial charge is 1.00 e. The third kappa shape index (κ3) is 1.98. The van der Waals surface area contributed by atoms with Crippen LogP contribution < -0.4 is 24.4 Å². The average molecular weight is 165 g/mol. The van der Waals surface area contributed by atoms with Crippen molar-refractivity contribution in [3.63, 3.8) is 0 Å². The van der Waals surface area contributed by atoms with Crippen LogP contribution in [-0.4, -0.2) is 4.98 Å². The van der Waals surface area contributed by atoms with E-state index in [0.717, 1.165) is 16.5 Å². The Bertz CT molecular complexity index is 476. The molecule has 3 heteroatoms. The van der Waals surface area contributed by atoms with E-state index in [4.69, 9.17) is 0 Å². The van der Waals surface area contributed by atoms with Crippen molar-refractivity contribution >= 4 is 10.9 Å². The Balaban J connectivity index is 0.000000845. The molecule has 0 unspecified atom stereocenters. The third-order valence-corrected chi connectivity index (χ3v) is 1.79. The predicted molar refractivity (Wildman–Crippen MR) is 49.0 cm³/mol. The summed E-state index contributed by atoms with van der Waals surface area (Å²) in [5.74, 6) is 0. The van der Waals surface area contributed by atoms with E-state index in [9.17, 15) is 4.79 Å². The Kier molecular flexibility index (Phi) is 2.87. The zero-order chi connectivity index (χ0) is 8.55. The van der Waals surface area contributed by atoms with Crippen LogP contribution in [0.15, 0.2) is 35.1 Å². The van der Waals surface area contributed by atoms with Gasteiger partial charge in [0, 0.05) is 11.6 Å². The standard InChI is InChI=1S/C10H8NO.Li/c1-7-2-4-9-8(6-7)3-5-10(12)11-9;/h2-6H,1H2,(H,11,12);/q-1;+1. The Labute approximate surface area is 88.2 Å². The second kappa shape index (κ2) is 3.74. The van der Waals surface area contributed by atoms with Crippen molar-refractivity contribution in [2.45, 2.75) is 0 Å². The molecule has 13 heavy (non-hydrogen) atoms. The smallest absolute Gasteiger partial charge is 0.324 e. The maximum Gasteiger partial charge on any atom is 1.00 e. The van der Waals surface area contributed by atoms with E-state index in [0.29, 0.717) is 0 Å². The van der Waals surface area contributed by atoms with Crippen LogP contribution in [-0.2, 0) is 0 Å². The normalized spacial score (nSPS) is 9.54. The molecule has 0 saturated carbocycles. The topological polar surface area (TPSA) is 32.9 Å². The molecule has 0 radical (unpaired) electrons. The zero-order valence-corrected chi connectivity index (χ0v) is 7.50. The first-order valence-corrected chi connectivity index (χ1v) is 3.71. The van der Waals surface area contributed by atoms with Crippen LogP contribution >= 0.6 is 0 Å². The Morgan fingerprint density at radius 3 is 2.69 bits per heavy atom. The maximum atomic E-state index is 10.9. The van der Waals surface area contributed by atoms with E-state index in [1.54, 1.807) is 6.07 Å². The van der Waals surface area contributed by atoms with Crippen molar-refractivity contribution in [1.29, 1.82) is 0 Å². The second-order valence-electron chi connectivity index (χ2n) is 2.74. The molecule has 0 aliphatic rings. The van der Waals surface area contributed by atoms with Crippen LogP contribution in [0.2, 0.25) is 0 Å². The number of H-pyrrole nitrogens is 1. The molecule has 0 saturated heterocycles. The van der Waals surface area contributed by atoms with Crippen LogP contribution in [0.5, 0.6) is 0 Å². The fourth-order valence-electron chi connectivity index (χ4n) is 1.20. The molecule has 0 amide bonds. The fraction of sp³-hybridized carbons (Fsp3) is 0. The Hall–Kier alpha value is -1.10. The summed E-state index contributed by atoms with van der Waals surface area (Å²) in [6, 6.07) is 8.98. The molecule has 1 aromatic carbocycles. The summed E-state index contributed by atoms with van der Waals surface area (Å²) in [6.45, 7) is 3.80. The molecule has 2 aromatic rings. The maximum absolute atomic E-state index is 10.9. The van der Waals surface area contributed by atoms with Crippen molar-refractivity contribution in [2.24, 2.45) is 0 Å². The number of aromatic nitrogens is 1. The molecule has 0 spiro atoms. The number of fused-ring (bicyclic) bond motifs is 1. The van der Waals surface area contributed by atoms with Gasteiger partial charge in [-0.25, -0.2) is 0 Å². The number of hydrogen-bond acceptors (Lipinski definition) is 1.